The average molecular weight is 312 g/mol. The second-order valence-corrected chi connectivity index (χ2v) is 6.92. The van der Waals surface area contributed by atoms with Gasteiger partial charge in [-0.2, -0.15) is 0 Å². The highest BCUT2D eigenvalue weighted by atomic mass is 32.2. The molecule has 0 radical (unpaired) electrons. The van der Waals surface area contributed by atoms with Crippen LogP contribution in [0.15, 0.2) is 23.1 Å². The molecule has 1 aromatic carbocycles. The highest BCUT2D eigenvalue weighted by Crippen LogP contribution is 2.27. The van der Waals surface area contributed by atoms with E-state index in [9.17, 15) is 13.2 Å². The van der Waals surface area contributed by atoms with Crippen LogP contribution in [-0.4, -0.2) is 27.0 Å². The van der Waals surface area contributed by atoms with Gasteiger partial charge >= 0.3 is 0 Å². The zero-order valence-electron chi connectivity index (χ0n) is 12.1. The lowest BCUT2D eigenvalue weighted by Gasteiger charge is -2.33. The molecule has 0 bridgehead atoms. The van der Waals surface area contributed by atoms with Crippen LogP contribution < -0.4 is 15.2 Å². The Morgan fingerprint density at radius 1 is 1.43 bits per heavy atom. The maximum Gasteiger partial charge on any atom is 0.251 e. The summed E-state index contributed by atoms with van der Waals surface area (Å²) in [6, 6.07) is 4.42. The summed E-state index contributed by atoms with van der Waals surface area (Å²) in [6.45, 7) is 4.18. The van der Waals surface area contributed by atoms with E-state index < -0.39 is 10.0 Å². The Hall–Kier alpha value is -1.60. The van der Waals surface area contributed by atoms with Crippen LogP contribution >= 0.6 is 0 Å². The molecule has 0 aromatic heterocycles. The molecule has 1 aromatic rings. The molecular weight excluding hydrogens is 292 g/mol. The predicted octanol–water partition coefficient (Wildman–Crippen LogP) is 1.26. The molecule has 21 heavy (non-hydrogen) atoms. The molecule has 3 N–H and O–H groups in total. The number of primary sulfonamides is 1. The first-order valence-electron chi connectivity index (χ1n) is 6.91. The maximum absolute atomic E-state index is 12.1. The van der Waals surface area contributed by atoms with E-state index in [0.717, 1.165) is 12.8 Å². The zero-order chi connectivity index (χ0) is 15.6. The van der Waals surface area contributed by atoms with E-state index in [1.54, 1.807) is 6.92 Å². The van der Waals surface area contributed by atoms with Gasteiger partial charge in [0.1, 0.15) is 10.6 Å². The molecule has 7 heteroatoms. The zero-order valence-corrected chi connectivity index (χ0v) is 12.9. The van der Waals surface area contributed by atoms with Crippen LogP contribution in [0, 0.1) is 5.92 Å². The summed E-state index contributed by atoms with van der Waals surface area (Å²) in [5.41, 5.74) is 0.266. The lowest BCUT2D eigenvalue weighted by molar-refractivity contribution is 0.0896. The Kier molecular flexibility index (Phi) is 4.53. The Morgan fingerprint density at radius 2 is 2.10 bits per heavy atom. The Morgan fingerprint density at radius 3 is 2.62 bits per heavy atom. The van der Waals surface area contributed by atoms with Crippen LogP contribution in [-0.2, 0) is 10.0 Å². The van der Waals surface area contributed by atoms with Crippen LogP contribution in [0.4, 0.5) is 0 Å². The monoisotopic (exact) mass is 312 g/mol. The van der Waals surface area contributed by atoms with Crippen LogP contribution in [0.2, 0.25) is 0 Å². The number of carbonyl (C=O) groups excluding carboxylic acids is 1. The second-order valence-electron chi connectivity index (χ2n) is 5.39. The van der Waals surface area contributed by atoms with Crippen molar-refractivity contribution in [1.29, 1.82) is 0 Å². The summed E-state index contributed by atoms with van der Waals surface area (Å²) in [7, 11) is -3.95. The van der Waals surface area contributed by atoms with Crippen molar-refractivity contribution in [2.75, 3.05) is 6.61 Å². The van der Waals surface area contributed by atoms with E-state index in [2.05, 4.69) is 12.2 Å². The minimum Gasteiger partial charge on any atom is -0.492 e. The van der Waals surface area contributed by atoms with E-state index >= 15 is 0 Å². The largest absolute Gasteiger partial charge is 0.492 e. The van der Waals surface area contributed by atoms with Crippen molar-refractivity contribution in [1.82, 2.24) is 5.32 Å². The Balaban J connectivity index is 2.22. The number of ether oxygens (including phenoxy) is 1. The van der Waals surface area contributed by atoms with Gasteiger partial charge in [-0.25, -0.2) is 13.6 Å². The highest BCUT2D eigenvalue weighted by molar-refractivity contribution is 7.89. The summed E-state index contributed by atoms with van der Waals surface area (Å²) >= 11 is 0. The molecule has 1 aliphatic carbocycles. The molecule has 1 amide bonds. The molecule has 1 saturated carbocycles. The smallest absolute Gasteiger partial charge is 0.251 e. The molecule has 2 rings (SSSR count). The van der Waals surface area contributed by atoms with Crippen LogP contribution in [0.5, 0.6) is 5.75 Å². The third kappa shape index (κ3) is 3.74. The predicted molar refractivity (Wildman–Crippen MR) is 78.6 cm³/mol. The quantitative estimate of drug-likeness (QED) is 0.855. The fourth-order valence-corrected chi connectivity index (χ4v) is 3.13. The molecule has 116 valence electrons. The van der Waals surface area contributed by atoms with Gasteiger partial charge in [0.25, 0.3) is 5.91 Å². The number of sulfonamides is 1. The summed E-state index contributed by atoms with van der Waals surface area (Å²) in [5, 5.41) is 8.05. The van der Waals surface area contributed by atoms with Crippen molar-refractivity contribution in [3.05, 3.63) is 23.8 Å². The lowest BCUT2D eigenvalue weighted by atomic mass is 9.82. The Bertz CT molecular complexity index is 636. The van der Waals surface area contributed by atoms with Gasteiger partial charge in [-0.15, -0.1) is 0 Å². The van der Waals surface area contributed by atoms with Gasteiger partial charge in [-0.1, -0.05) is 6.92 Å². The lowest BCUT2D eigenvalue weighted by Crippen LogP contribution is -2.43. The number of rotatable bonds is 5. The van der Waals surface area contributed by atoms with E-state index in [0.29, 0.717) is 12.5 Å². The van der Waals surface area contributed by atoms with Crippen LogP contribution in [0.25, 0.3) is 0 Å². The third-order valence-corrected chi connectivity index (χ3v) is 4.45. The molecule has 0 saturated heterocycles. The van der Waals surface area contributed by atoms with Gasteiger partial charge in [-0.05, 0) is 43.9 Å². The van der Waals surface area contributed by atoms with Crippen LogP contribution in [0.1, 0.15) is 37.0 Å². The number of benzene rings is 1. The number of amides is 1. The second kappa shape index (κ2) is 6.03. The normalized spacial score (nSPS) is 21.5. The van der Waals surface area contributed by atoms with Crippen molar-refractivity contribution >= 4 is 15.9 Å². The molecule has 0 atom stereocenters. The molecule has 1 fully saturated rings. The fourth-order valence-electron chi connectivity index (χ4n) is 2.44. The molecule has 6 nitrogen and oxygen atoms in total. The first-order chi connectivity index (χ1) is 9.81. The van der Waals surface area contributed by atoms with Crippen LogP contribution in [0.3, 0.4) is 0 Å². The molecular formula is C14H20N2O4S. The van der Waals surface area contributed by atoms with Gasteiger partial charge in [-0.3, -0.25) is 4.79 Å². The van der Waals surface area contributed by atoms with Gasteiger partial charge in [0.15, 0.2) is 0 Å². The third-order valence-electron chi connectivity index (χ3n) is 3.52. The van der Waals surface area contributed by atoms with Gasteiger partial charge in [0, 0.05) is 11.6 Å². The summed E-state index contributed by atoms with van der Waals surface area (Å²) < 4.78 is 28.4. The molecule has 0 unspecified atom stereocenters. The molecule has 0 aliphatic heterocycles. The number of nitrogens with one attached hydrogen (secondary N) is 1. The summed E-state index contributed by atoms with van der Waals surface area (Å²) in [6.07, 6.45) is 1.90. The summed E-state index contributed by atoms with van der Waals surface area (Å²) in [4.78, 5) is 11.9. The van der Waals surface area contributed by atoms with Gasteiger partial charge < -0.3 is 10.1 Å². The SMILES string of the molecule is CCOc1ccc(C(=O)NC2CC(C)C2)cc1S(N)(=O)=O. The fraction of sp³-hybridized carbons (Fsp3) is 0.500. The van der Waals surface area contributed by atoms with Crippen molar-refractivity contribution < 1.29 is 17.9 Å². The van der Waals surface area contributed by atoms with Crippen molar-refractivity contribution in [3.8, 4) is 5.75 Å². The number of hydrogen-bond acceptors (Lipinski definition) is 4. The first-order valence-corrected chi connectivity index (χ1v) is 8.46. The van der Waals surface area contributed by atoms with Gasteiger partial charge in [0.05, 0.1) is 6.61 Å². The molecule has 0 heterocycles. The highest BCUT2D eigenvalue weighted by Gasteiger charge is 2.27. The van der Waals surface area contributed by atoms with E-state index in [4.69, 9.17) is 9.88 Å². The van der Waals surface area contributed by atoms with Crippen molar-refractivity contribution in [3.63, 3.8) is 0 Å². The van der Waals surface area contributed by atoms with E-state index in [1.807, 2.05) is 0 Å². The van der Waals surface area contributed by atoms with E-state index in [1.165, 1.54) is 18.2 Å². The van der Waals surface area contributed by atoms with E-state index in [-0.39, 0.29) is 28.2 Å². The van der Waals surface area contributed by atoms with Crippen molar-refractivity contribution in [2.24, 2.45) is 11.1 Å². The molecule has 0 spiro atoms. The summed E-state index contributed by atoms with van der Waals surface area (Å²) in [5.74, 6) is 0.490. The standard InChI is InChI=1S/C14H20N2O4S/c1-3-20-12-5-4-10(8-13(12)21(15,18)19)14(17)16-11-6-9(2)7-11/h4-5,8-9,11H,3,6-7H2,1-2H3,(H,16,17)(H2,15,18,19). The average Bonchev–Trinajstić information content (AvgIpc) is 2.36. The van der Waals surface area contributed by atoms with Crippen molar-refractivity contribution in [2.45, 2.75) is 37.6 Å². The first kappa shape index (κ1) is 15.8. The minimum absolute atomic E-state index is 0.161. The van der Waals surface area contributed by atoms with Gasteiger partial charge in [0.2, 0.25) is 10.0 Å². The number of carbonyl (C=O) groups is 1. The maximum atomic E-state index is 12.1. The number of hydrogen-bond donors (Lipinski definition) is 2. The number of nitrogens with two attached hydrogens (primary N) is 1. The topological polar surface area (TPSA) is 98.5 Å². The molecule has 1 aliphatic rings. The minimum atomic E-state index is -3.95. The Labute approximate surface area is 124 Å².